The van der Waals surface area contributed by atoms with Gasteiger partial charge in [0.25, 0.3) is 11.7 Å². The van der Waals surface area contributed by atoms with Gasteiger partial charge >= 0.3 is 0 Å². The van der Waals surface area contributed by atoms with Crippen molar-refractivity contribution in [1.82, 2.24) is 4.90 Å². The summed E-state index contributed by atoms with van der Waals surface area (Å²) in [6.07, 6.45) is 0. The maximum absolute atomic E-state index is 13.5. The number of Topliss-reactive ketones (excluding diaryl/α,β-unsaturated/α-hetero) is 1. The van der Waals surface area contributed by atoms with E-state index >= 15 is 0 Å². The fourth-order valence-electron chi connectivity index (χ4n) is 4.65. The van der Waals surface area contributed by atoms with Crippen LogP contribution in [0.2, 0.25) is 10.0 Å². The quantitative estimate of drug-likeness (QED) is 0.211. The molecule has 1 fully saturated rings. The number of halogens is 2. The molecule has 0 aliphatic carbocycles. The van der Waals surface area contributed by atoms with Crippen LogP contribution < -0.4 is 19.1 Å². The molecule has 1 N–H and O–H groups in total. The van der Waals surface area contributed by atoms with Crippen molar-refractivity contribution in [2.75, 3.05) is 40.3 Å². The molecule has 1 aliphatic rings. The summed E-state index contributed by atoms with van der Waals surface area (Å²) in [5, 5.41) is 11.7. The third kappa shape index (κ3) is 5.10. The Labute approximate surface area is 236 Å². The van der Waals surface area contributed by atoms with Crippen LogP contribution in [0.5, 0.6) is 17.2 Å². The number of amides is 1. The fraction of sp³-hybridized carbons (Fsp3) is 0.241. The first-order valence-corrected chi connectivity index (χ1v) is 12.7. The second kappa shape index (κ2) is 11.5. The summed E-state index contributed by atoms with van der Waals surface area (Å²) in [6, 6.07) is 15.1. The predicted octanol–water partition coefficient (Wildman–Crippen LogP) is 5.71. The number of methoxy groups -OCH3 is 3. The number of nitrogens with zero attached hydrogens (tertiary/aromatic N) is 2. The molecular weight excluding hydrogens is 543 g/mol. The van der Waals surface area contributed by atoms with E-state index in [0.29, 0.717) is 16.9 Å². The first-order valence-electron chi connectivity index (χ1n) is 11.9. The average molecular weight is 571 g/mol. The number of carbonyl (C=O) groups excluding carboxylic acids is 2. The van der Waals surface area contributed by atoms with Gasteiger partial charge in [-0.2, -0.15) is 0 Å². The second-order valence-corrected chi connectivity index (χ2v) is 9.80. The first-order chi connectivity index (χ1) is 18.6. The molecule has 1 atom stereocenters. The number of likely N-dealkylation sites (tertiary alicyclic amines) is 1. The van der Waals surface area contributed by atoms with E-state index in [2.05, 4.69) is 0 Å². The minimum atomic E-state index is -0.921. The standard InChI is InChI=1S/C29H28Cl2N2O6/c1-32(2)18-12-10-16(11-13-18)24-22(25(34)19-14-20(30)28(39-5)23(31)27(19)38-4)26(35)29(36)33(24)15-17-8-6-7-9-21(17)37-3/h6-14,24,34H,15H2,1-5H3/b25-22+. The van der Waals surface area contributed by atoms with Crippen LogP contribution >= 0.6 is 23.2 Å². The number of carbonyl (C=O) groups is 2. The summed E-state index contributed by atoms with van der Waals surface area (Å²) in [5.41, 5.74) is 2.18. The van der Waals surface area contributed by atoms with Crippen molar-refractivity contribution in [2.24, 2.45) is 0 Å². The van der Waals surface area contributed by atoms with Gasteiger partial charge in [0, 0.05) is 25.3 Å². The molecule has 8 nitrogen and oxygen atoms in total. The Balaban J connectivity index is 1.95. The van der Waals surface area contributed by atoms with Gasteiger partial charge in [0.1, 0.15) is 16.5 Å². The van der Waals surface area contributed by atoms with Crippen molar-refractivity contribution >= 4 is 46.3 Å². The van der Waals surface area contributed by atoms with Crippen molar-refractivity contribution in [3.8, 4) is 17.2 Å². The van der Waals surface area contributed by atoms with Crippen molar-refractivity contribution in [2.45, 2.75) is 12.6 Å². The summed E-state index contributed by atoms with van der Waals surface area (Å²) in [4.78, 5) is 30.4. The van der Waals surface area contributed by atoms with Crippen molar-refractivity contribution in [3.63, 3.8) is 0 Å². The third-order valence-electron chi connectivity index (χ3n) is 6.59. The molecule has 1 heterocycles. The highest BCUT2D eigenvalue weighted by atomic mass is 35.5. The molecule has 1 aliphatic heterocycles. The number of ketones is 1. The van der Waals surface area contributed by atoms with Gasteiger partial charge in [0.2, 0.25) is 0 Å². The van der Waals surface area contributed by atoms with E-state index in [1.807, 2.05) is 61.5 Å². The minimum Gasteiger partial charge on any atom is -0.507 e. The van der Waals surface area contributed by atoms with Gasteiger partial charge < -0.3 is 29.1 Å². The molecular formula is C29H28Cl2N2O6. The normalized spacial score (nSPS) is 16.4. The minimum absolute atomic E-state index is 0.0178. The largest absolute Gasteiger partial charge is 0.507 e. The number of hydrogen-bond donors (Lipinski definition) is 1. The van der Waals surface area contributed by atoms with Crippen molar-refractivity contribution in [3.05, 3.63) is 86.9 Å². The number of para-hydroxylation sites is 1. The summed E-state index contributed by atoms with van der Waals surface area (Å²) >= 11 is 12.8. The van der Waals surface area contributed by atoms with Gasteiger partial charge in [0.15, 0.2) is 11.5 Å². The van der Waals surface area contributed by atoms with Crippen molar-refractivity contribution in [1.29, 1.82) is 0 Å². The van der Waals surface area contributed by atoms with Crippen LogP contribution in [0.4, 0.5) is 5.69 Å². The lowest BCUT2D eigenvalue weighted by atomic mass is 9.94. The molecule has 1 amide bonds. The SMILES string of the molecule is COc1ccccc1CN1C(=O)C(=O)/C(=C(/O)c2cc(Cl)c(OC)c(Cl)c2OC)C1c1ccc(N(C)C)cc1. The Bertz CT molecular complexity index is 1450. The van der Waals surface area contributed by atoms with Gasteiger partial charge in [-0.3, -0.25) is 9.59 Å². The van der Waals surface area contributed by atoms with Gasteiger partial charge in [-0.1, -0.05) is 53.5 Å². The van der Waals surface area contributed by atoms with E-state index < -0.39 is 23.5 Å². The zero-order valence-corrected chi connectivity index (χ0v) is 23.6. The third-order valence-corrected chi connectivity index (χ3v) is 7.22. The topological polar surface area (TPSA) is 88.5 Å². The maximum Gasteiger partial charge on any atom is 0.295 e. The summed E-state index contributed by atoms with van der Waals surface area (Å²) in [7, 11) is 8.11. The highest BCUT2D eigenvalue weighted by Gasteiger charge is 2.46. The van der Waals surface area contributed by atoms with Crippen LogP contribution in [0.15, 0.2) is 60.2 Å². The molecule has 39 heavy (non-hydrogen) atoms. The average Bonchev–Trinajstić information content (AvgIpc) is 3.17. The van der Waals surface area contributed by atoms with E-state index in [9.17, 15) is 14.7 Å². The van der Waals surface area contributed by atoms with Crippen molar-refractivity contribution < 1.29 is 28.9 Å². The highest BCUT2D eigenvalue weighted by molar-refractivity contribution is 6.47. The smallest absolute Gasteiger partial charge is 0.295 e. The Morgan fingerprint density at radius 3 is 2.18 bits per heavy atom. The lowest BCUT2D eigenvalue weighted by Gasteiger charge is -2.27. The number of aliphatic hydroxyl groups is 1. The monoisotopic (exact) mass is 570 g/mol. The Kier molecular flexibility index (Phi) is 8.28. The van der Waals surface area contributed by atoms with Gasteiger partial charge in [0.05, 0.1) is 50.1 Å². The molecule has 4 rings (SSSR count). The summed E-state index contributed by atoms with van der Waals surface area (Å²) in [5.74, 6) is -1.33. The molecule has 0 radical (unpaired) electrons. The second-order valence-electron chi connectivity index (χ2n) is 9.01. The predicted molar refractivity (Wildman–Crippen MR) is 151 cm³/mol. The fourth-order valence-corrected chi connectivity index (χ4v) is 5.34. The number of hydrogen-bond acceptors (Lipinski definition) is 7. The lowest BCUT2D eigenvalue weighted by Crippen LogP contribution is -2.29. The summed E-state index contributed by atoms with van der Waals surface area (Å²) < 4.78 is 16.2. The maximum atomic E-state index is 13.5. The molecule has 3 aromatic carbocycles. The number of ether oxygens (including phenoxy) is 3. The molecule has 0 aromatic heterocycles. The molecule has 1 unspecified atom stereocenters. The lowest BCUT2D eigenvalue weighted by molar-refractivity contribution is -0.140. The highest BCUT2D eigenvalue weighted by Crippen LogP contribution is 2.47. The molecule has 1 saturated heterocycles. The molecule has 3 aromatic rings. The van der Waals surface area contributed by atoms with E-state index in [1.165, 1.54) is 32.3 Å². The number of aliphatic hydroxyl groups excluding tert-OH is 1. The van der Waals surface area contributed by atoms with Crippen LogP contribution in [0, 0.1) is 0 Å². The van der Waals surface area contributed by atoms with E-state index in [-0.39, 0.29) is 39.2 Å². The van der Waals surface area contributed by atoms with Crippen LogP contribution in [-0.2, 0) is 16.1 Å². The van der Waals surface area contributed by atoms with Crippen LogP contribution in [-0.4, -0.2) is 57.1 Å². The van der Waals surface area contributed by atoms with E-state index in [0.717, 1.165) is 5.69 Å². The Hall–Kier alpha value is -3.88. The van der Waals surface area contributed by atoms with Crippen LogP contribution in [0.3, 0.4) is 0 Å². The molecule has 0 saturated carbocycles. The Morgan fingerprint density at radius 2 is 1.59 bits per heavy atom. The zero-order chi connectivity index (χ0) is 28.4. The Morgan fingerprint density at radius 1 is 0.949 bits per heavy atom. The zero-order valence-electron chi connectivity index (χ0n) is 22.1. The number of rotatable bonds is 8. The van der Waals surface area contributed by atoms with Crippen LogP contribution in [0.25, 0.3) is 5.76 Å². The summed E-state index contributed by atoms with van der Waals surface area (Å²) in [6.45, 7) is 0.0622. The first kappa shape index (κ1) is 28.1. The molecule has 0 spiro atoms. The van der Waals surface area contributed by atoms with Gasteiger partial charge in [-0.25, -0.2) is 0 Å². The number of benzene rings is 3. The molecule has 0 bridgehead atoms. The van der Waals surface area contributed by atoms with Gasteiger partial charge in [-0.15, -0.1) is 0 Å². The molecule has 204 valence electrons. The van der Waals surface area contributed by atoms with E-state index in [4.69, 9.17) is 37.4 Å². The molecule has 10 heteroatoms. The van der Waals surface area contributed by atoms with E-state index in [1.54, 1.807) is 6.07 Å². The number of anilines is 1. The van der Waals surface area contributed by atoms with Crippen LogP contribution in [0.1, 0.15) is 22.7 Å². The van der Waals surface area contributed by atoms with Gasteiger partial charge in [-0.05, 0) is 29.8 Å².